The Labute approximate surface area is 109 Å². The lowest BCUT2D eigenvalue weighted by Gasteiger charge is -2.17. The van der Waals surface area contributed by atoms with Crippen LogP contribution in [0, 0.1) is 10.1 Å². The average molecular weight is 263 g/mol. The van der Waals surface area contributed by atoms with Crippen LogP contribution < -0.4 is 0 Å². The van der Waals surface area contributed by atoms with Crippen LogP contribution in [0.2, 0.25) is 0 Å². The van der Waals surface area contributed by atoms with E-state index in [1.54, 1.807) is 0 Å². The summed E-state index contributed by atoms with van der Waals surface area (Å²) in [5, 5.41) is 10.5. The third kappa shape index (κ3) is 2.19. The topological polar surface area (TPSA) is 82.0 Å². The van der Waals surface area contributed by atoms with E-state index in [9.17, 15) is 14.9 Å². The van der Waals surface area contributed by atoms with Crippen molar-refractivity contribution in [2.75, 3.05) is 0 Å². The van der Waals surface area contributed by atoms with Crippen molar-refractivity contribution in [1.82, 2.24) is 0 Å². The van der Waals surface area contributed by atoms with Gasteiger partial charge in [-0.15, -0.1) is 0 Å². The summed E-state index contributed by atoms with van der Waals surface area (Å²) in [5.74, 6) is -1.21. The van der Waals surface area contributed by atoms with Crippen molar-refractivity contribution in [1.29, 1.82) is 0 Å². The van der Waals surface area contributed by atoms with Crippen molar-refractivity contribution in [2.24, 2.45) is 0 Å². The summed E-state index contributed by atoms with van der Waals surface area (Å²) in [5.41, 5.74) is 0.257. The summed E-state index contributed by atoms with van der Waals surface area (Å²) in [6.07, 6.45) is 3.78. The molecule has 1 aliphatic carbocycles. The van der Waals surface area contributed by atoms with Crippen molar-refractivity contribution in [2.45, 2.75) is 37.6 Å². The molecule has 100 valence electrons. The molecule has 6 nitrogen and oxygen atoms in total. The maximum atomic E-state index is 12.0. The Morgan fingerprint density at radius 2 is 2.11 bits per heavy atom. The van der Waals surface area contributed by atoms with Crippen LogP contribution in [0.25, 0.3) is 0 Å². The minimum atomic E-state index is -0.725. The number of carbonyl (C=O) groups is 1. The van der Waals surface area contributed by atoms with Crippen LogP contribution in [-0.4, -0.2) is 22.8 Å². The highest BCUT2D eigenvalue weighted by atomic mass is 16.8. The molecule has 1 aromatic rings. The normalized spacial score (nSPS) is 28.3. The van der Waals surface area contributed by atoms with Crippen molar-refractivity contribution in [3.8, 4) is 0 Å². The maximum absolute atomic E-state index is 12.0. The van der Waals surface area contributed by atoms with Crippen LogP contribution in [0.5, 0.6) is 0 Å². The Bertz CT molecular complexity index is 526. The number of hydrogen-bond acceptors (Lipinski definition) is 5. The molecule has 2 atom stereocenters. The fourth-order valence-corrected chi connectivity index (χ4v) is 2.48. The highest BCUT2D eigenvalue weighted by Crippen LogP contribution is 2.48. The number of nitro benzene ring substituents is 1. The Hall–Kier alpha value is -1.95. The second-order valence-corrected chi connectivity index (χ2v) is 4.86. The summed E-state index contributed by atoms with van der Waals surface area (Å²) in [7, 11) is 0. The number of ether oxygens (including phenoxy) is 2. The largest absolute Gasteiger partial charge is 0.427 e. The molecule has 0 bridgehead atoms. The molecule has 6 heteroatoms. The molecule has 19 heavy (non-hydrogen) atoms. The van der Waals surface area contributed by atoms with Crippen molar-refractivity contribution in [3.05, 3.63) is 39.9 Å². The van der Waals surface area contributed by atoms with Crippen LogP contribution in [0.15, 0.2) is 24.3 Å². The van der Waals surface area contributed by atoms with Gasteiger partial charge in [0.25, 0.3) is 5.69 Å². The lowest BCUT2D eigenvalue weighted by atomic mass is 9.98. The number of epoxide rings is 1. The molecule has 1 aromatic carbocycles. The van der Waals surface area contributed by atoms with Gasteiger partial charge in [0.2, 0.25) is 5.79 Å². The van der Waals surface area contributed by atoms with Gasteiger partial charge in [-0.25, -0.2) is 4.79 Å². The number of nitro groups is 1. The molecular weight excluding hydrogens is 250 g/mol. The fraction of sp³-hybridized carbons (Fsp3) is 0.462. The van der Waals surface area contributed by atoms with E-state index in [0.29, 0.717) is 5.56 Å². The van der Waals surface area contributed by atoms with Crippen molar-refractivity contribution >= 4 is 11.7 Å². The number of non-ortho nitro benzene ring substituents is 1. The molecule has 2 aliphatic rings. The highest BCUT2D eigenvalue weighted by molar-refractivity contribution is 5.90. The Morgan fingerprint density at radius 3 is 2.74 bits per heavy atom. The third-order valence-electron chi connectivity index (χ3n) is 3.60. The van der Waals surface area contributed by atoms with E-state index in [1.807, 2.05) is 0 Å². The SMILES string of the molecule is O=C(OC12CCCCC1O2)c1ccc([N+](=O)[O-])cc1. The van der Waals surface area contributed by atoms with Gasteiger partial charge in [-0.1, -0.05) is 6.42 Å². The second kappa shape index (κ2) is 4.31. The second-order valence-electron chi connectivity index (χ2n) is 4.86. The van der Waals surface area contributed by atoms with Gasteiger partial charge < -0.3 is 9.47 Å². The summed E-state index contributed by atoms with van der Waals surface area (Å²) in [4.78, 5) is 22.0. The number of benzene rings is 1. The smallest absolute Gasteiger partial charge is 0.340 e. The first-order chi connectivity index (χ1) is 9.11. The van der Waals surface area contributed by atoms with Crippen molar-refractivity contribution in [3.63, 3.8) is 0 Å². The summed E-state index contributed by atoms with van der Waals surface area (Å²) >= 11 is 0. The Morgan fingerprint density at radius 1 is 1.37 bits per heavy atom. The van der Waals surface area contributed by atoms with Crippen LogP contribution >= 0.6 is 0 Å². The van der Waals surface area contributed by atoms with Gasteiger partial charge in [0, 0.05) is 18.6 Å². The molecule has 1 aliphatic heterocycles. The zero-order valence-electron chi connectivity index (χ0n) is 10.2. The number of fused-ring (bicyclic) bond motifs is 1. The summed E-state index contributed by atoms with van der Waals surface area (Å²) in [6, 6.07) is 5.38. The predicted molar refractivity (Wildman–Crippen MR) is 64.6 cm³/mol. The van der Waals surface area contributed by atoms with E-state index in [1.165, 1.54) is 24.3 Å². The predicted octanol–water partition coefficient (Wildman–Crippen LogP) is 2.42. The standard InChI is InChI=1S/C13H13NO5/c15-12(9-4-6-10(7-5-9)14(16)17)19-13-8-2-1-3-11(13)18-13/h4-7,11H,1-3,8H2. The van der Waals surface area contributed by atoms with Crippen molar-refractivity contribution < 1.29 is 19.2 Å². The van der Waals surface area contributed by atoms with Gasteiger partial charge in [-0.3, -0.25) is 10.1 Å². The van der Waals surface area contributed by atoms with E-state index in [4.69, 9.17) is 9.47 Å². The molecule has 1 heterocycles. The first-order valence-corrected chi connectivity index (χ1v) is 6.26. The number of nitrogens with zero attached hydrogens (tertiary/aromatic N) is 1. The zero-order valence-corrected chi connectivity index (χ0v) is 10.2. The minimum absolute atomic E-state index is 0.0308. The van der Waals surface area contributed by atoms with Gasteiger partial charge in [0.05, 0.1) is 10.5 Å². The Kier molecular flexibility index (Phi) is 2.74. The van der Waals surface area contributed by atoms with Gasteiger partial charge in [-0.2, -0.15) is 0 Å². The minimum Gasteiger partial charge on any atom is -0.427 e. The molecule has 1 saturated carbocycles. The molecule has 0 spiro atoms. The van der Waals surface area contributed by atoms with Gasteiger partial charge >= 0.3 is 5.97 Å². The van der Waals surface area contributed by atoms with Crippen LogP contribution in [0.4, 0.5) is 5.69 Å². The molecule has 0 aromatic heterocycles. The van der Waals surface area contributed by atoms with E-state index in [0.717, 1.165) is 25.7 Å². The van der Waals surface area contributed by atoms with E-state index in [-0.39, 0.29) is 11.8 Å². The monoisotopic (exact) mass is 263 g/mol. The molecule has 3 rings (SSSR count). The molecule has 0 amide bonds. The molecule has 0 radical (unpaired) electrons. The van der Waals surface area contributed by atoms with Gasteiger partial charge in [0.15, 0.2) is 0 Å². The number of hydrogen-bond donors (Lipinski definition) is 0. The lowest BCUT2D eigenvalue weighted by Crippen LogP contribution is -2.26. The zero-order chi connectivity index (χ0) is 13.5. The fourth-order valence-electron chi connectivity index (χ4n) is 2.48. The van der Waals surface area contributed by atoms with Crippen LogP contribution in [0.3, 0.4) is 0 Å². The maximum Gasteiger partial charge on any atom is 0.340 e. The molecule has 1 saturated heterocycles. The quantitative estimate of drug-likeness (QED) is 0.362. The summed E-state index contributed by atoms with van der Waals surface area (Å²) < 4.78 is 10.9. The number of carbonyl (C=O) groups excluding carboxylic acids is 1. The van der Waals surface area contributed by atoms with Gasteiger partial charge in [-0.05, 0) is 25.0 Å². The van der Waals surface area contributed by atoms with Crippen LogP contribution in [0.1, 0.15) is 36.0 Å². The Balaban J connectivity index is 1.69. The van der Waals surface area contributed by atoms with E-state index < -0.39 is 16.7 Å². The first-order valence-electron chi connectivity index (χ1n) is 6.26. The average Bonchev–Trinajstić information content (AvgIpc) is 3.12. The summed E-state index contributed by atoms with van der Waals surface area (Å²) in [6.45, 7) is 0. The first kappa shape index (κ1) is 12.1. The highest BCUT2D eigenvalue weighted by Gasteiger charge is 2.61. The van der Waals surface area contributed by atoms with E-state index >= 15 is 0 Å². The van der Waals surface area contributed by atoms with E-state index in [2.05, 4.69) is 0 Å². The van der Waals surface area contributed by atoms with Crippen LogP contribution in [-0.2, 0) is 9.47 Å². The van der Waals surface area contributed by atoms with Gasteiger partial charge in [0.1, 0.15) is 6.10 Å². The molecule has 2 fully saturated rings. The molecular formula is C13H13NO5. The molecule has 0 N–H and O–H groups in total. The number of rotatable bonds is 3. The number of esters is 1. The molecule has 2 unspecified atom stereocenters. The third-order valence-corrected chi connectivity index (χ3v) is 3.60. The lowest BCUT2D eigenvalue weighted by molar-refractivity contribution is -0.384.